The van der Waals surface area contributed by atoms with Gasteiger partial charge in [-0.3, -0.25) is 9.59 Å². The van der Waals surface area contributed by atoms with E-state index in [1.54, 1.807) is 66.7 Å². The Balaban J connectivity index is 1.31. The summed E-state index contributed by atoms with van der Waals surface area (Å²) in [6.45, 7) is 1.71. The molecule has 1 unspecified atom stereocenters. The van der Waals surface area contributed by atoms with Crippen LogP contribution in [0.3, 0.4) is 0 Å². The normalized spacial score (nSPS) is 17.6. The number of nitrogens with zero attached hydrogens (tertiary/aromatic N) is 3. The fourth-order valence-electron chi connectivity index (χ4n) is 5.66. The van der Waals surface area contributed by atoms with Crippen molar-refractivity contribution >= 4 is 43.4 Å². The number of rotatable bonds is 6. The number of sulfonamides is 1. The maximum atomic E-state index is 13.1. The number of fused-ring (bicyclic) bond motifs is 1. The minimum Gasteiger partial charge on any atom is -0.392 e. The molecule has 6 rings (SSSR count). The first-order chi connectivity index (χ1) is 21.1. The van der Waals surface area contributed by atoms with Crippen molar-refractivity contribution in [1.29, 1.82) is 0 Å². The molecule has 2 aromatic heterocycles. The number of carbonyl (C=O) groups is 1. The lowest BCUT2D eigenvalue weighted by atomic mass is 9.90. The van der Waals surface area contributed by atoms with Crippen molar-refractivity contribution in [3.05, 3.63) is 104 Å². The minimum atomic E-state index is -3.77. The first kappa shape index (κ1) is 30.2. The SMILES string of the molecule is Cn1cc(-c2cccc(C3Cc4cc(Br)ccc4S(=O)(=O)N3)c2CO)cc(Nc2ccc(C(=O)N3CCOCC3)cn2)c1=O. The number of anilines is 2. The number of ether oxygens (including phenoxy) is 1. The number of aliphatic hydroxyl groups excluding tert-OH is 1. The topological polar surface area (TPSA) is 143 Å². The first-order valence-corrected chi connectivity index (χ1v) is 16.3. The second kappa shape index (κ2) is 12.3. The van der Waals surface area contributed by atoms with Crippen LogP contribution in [0.5, 0.6) is 0 Å². The van der Waals surface area contributed by atoms with Gasteiger partial charge in [0.05, 0.1) is 36.3 Å². The van der Waals surface area contributed by atoms with Crippen molar-refractivity contribution in [2.45, 2.75) is 24.0 Å². The molecule has 0 spiro atoms. The Labute approximate surface area is 262 Å². The van der Waals surface area contributed by atoms with E-state index < -0.39 is 16.1 Å². The van der Waals surface area contributed by atoms with Gasteiger partial charge in [-0.2, -0.15) is 0 Å². The molecule has 3 N–H and O–H groups in total. The highest BCUT2D eigenvalue weighted by atomic mass is 79.9. The second-order valence-electron chi connectivity index (χ2n) is 10.7. The molecule has 228 valence electrons. The van der Waals surface area contributed by atoms with Crippen LogP contribution >= 0.6 is 15.9 Å². The highest BCUT2D eigenvalue weighted by molar-refractivity contribution is 9.10. The number of nitrogens with one attached hydrogen (secondary N) is 2. The van der Waals surface area contributed by atoms with Crippen molar-refractivity contribution in [1.82, 2.24) is 19.2 Å². The molecule has 0 saturated carbocycles. The Morgan fingerprint density at radius 1 is 1.16 bits per heavy atom. The van der Waals surface area contributed by atoms with Gasteiger partial charge in [0, 0.05) is 42.6 Å². The average molecular weight is 681 g/mol. The monoisotopic (exact) mass is 679 g/mol. The maximum Gasteiger partial charge on any atom is 0.274 e. The summed E-state index contributed by atoms with van der Waals surface area (Å²) in [7, 11) is -2.15. The highest BCUT2D eigenvalue weighted by Gasteiger charge is 2.32. The van der Waals surface area contributed by atoms with E-state index in [9.17, 15) is 23.1 Å². The maximum absolute atomic E-state index is 13.1. The van der Waals surface area contributed by atoms with Gasteiger partial charge in [0.1, 0.15) is 11.5 Å². The molecule has 0 aliphatic carbocycles. The smallest absolute Gasteiger partial charge is 0.274 e. The molecule has 2 aliphatic rings. The molecular weight excluding hydrogens is 650 g/mol. The zero-order valence-corrected chi connectivity index (χ0v) is 26.2. The number of halogens is 1. The number of benzene rings is 2. The number of hydrogen-bond donors (Lipinski definition) is 3. The standard InChI is InChI=1S/C31H30BrN5O6S/c1-36-17-21(15-27(31(36)40)34-29-8-5-19(16-33-29)30(39)37-9-11-43-12-10-37)23-3-2-4-24(25(23)18-38)26-14-20-13-22(32)6-7-28(20)44(41,42)35-26/h2-8,13,15-17,26,35,38H,9-12,14,18H2,1H3,(H,33,34). The lowest BCUT2D eigenvalue weighted by Gasteiger charge is -2.28. The molecule has 1 atom stereocenters. The molecular formula is C31H30BrN5O6S. The summed E-state index contributed by atoms with van der Waals surface area (Å²) in [5, 5.41) is 13.6. The Hall–Kier alpha value is -3.88. The lowest BCUT2D eigenvalue weighted by molar-refractivity contribution is 0.0302. The van der Waals surface area contributed by atoms with Crippen molar-refractivity contribution in [2.24, 2.45) is 7.05 Å². The van der Waals surface area contributed by atoms with Gasteiger partial charge in [0.15, 0.2) is 0 Å². The van der Waals surface area contributed by atoms with Gasteiger partial charge in [-0.05, 0) is 65.1 Å². The van der Waals surface area contributed by atoms with Gasteiger partial charge >= 0.3 is 0 Å². The predicted octanol–water partition coefficient (Wildman–Crippen LogP) is 3.49. The molecule has 4 aromatic rings. The number of pyridine rings is 2. The zero-order chi connectivity index (χ0) is 31.0. The predicted molar refractivity (Wildman–Crippen MR) is 168 cm³/mol. The third-order valence-corrected chi connectivity index (χ3v) is 9.91. The summed E-state index contributed by atoms with van der Waals surface area (Å²) in [6, 6.07) is 14.9. The van der Waals surface area contributed by atoms with E-state index >= 15 is 0 Å². The molecule has 2 aliphatic heterocycles. The minimum absolute atomic E-state index is 0.127. The summed E-state index contributed by atoms with van der Waals surface area (Å²) in [6.07, 6.45) is 3.55. The van der Waals surface area contributed by atoms with E-state index in [0.717, 1.165) is 4.47 Å². The molecule has 44 heavy (non-hydrogen) atoms. The largest absolute Gasteiger partial charge is 0.392 e. The Bertz CT molecular complexity index is 1910. The number of hydrogen-bond acceptors (Lipinski definition) is 8. The molecule has 4 heterocycles. The number of morpholine rings is 1. The lowest BCUT2D eigenvalue weighted by Crippen LogP contribution is -2.40. The van der Waals surface area contributed by atoms with Crippen LogP contribution in [0.1, 0.15) is 33.1 Å². The van der Waals surface area contributed by atoms with Crippen LogP contribution in [-0.4, -0.2) is 60.2 Å². The van der Waals surface area contributed by atoms with E-state index in [-0.39, 0.29) is 28.7 Å². The number of aryl methyl sites for hydroxylation is 1. The first-order valence-electron chi connectivity index (χ1n) is 14.0. The van der Waals surface area contributed by atoms with E-state index in [4.69, 9.17) is 4.74 Å². The van der Waals surface area contributed by atoms with Gasteiger partial charge in [0.25, 0.3) is 11.5 Å². The van der Waals surface area contributed by atoms with E-state index in [0.29, 0.717) is 71.9 Å². The third-order valence-electron chi connectivity index (χ3n) is 7.85. The fraction of sp³-hybridized carbons (Fsp3) is 0.258. The van der Waals surface area contributed by atoms with E-state index in [1.165, 1.54) is 10.8 Å². The summed E-state index contributed by atoms with van der Waals surface area (Å²) >= 11 is 3.43. The van der Waals surface area contributed by atoms with Crippen LogP contribution in [0.25, 0.3) is 11.1 Å². The van der Waals surface area contributed by atoms with Crippen molar-refractivity contribution in [3.63, 3.8) is 0 Å². The molecule has 1 amide bonds. The van der Waals surface area contributed by atoms with Crippen molar-refractivity contribution < 1.29 is 23.1 Å². The van der Waals surface area contributed by atoms with Gasteiger partial charge in [-0.15, -0.1) is 0 Å². The summed E-state index contributed by atoms with van der Waals surface area (Å²) in [5.74, 6) is 0.258. The third kappa shape index (κ3) is 5.93. The van der Waals surface area contributed by atoms with Crippen LogP contribution in [0.4, 0.5) is 11.5 Å². The van der Waals surface area contributed by atoms with Gasteiger partial charge in [0.2, 0.25) is 10.0 Å². The van der Waals surface area contributed by atoms with Crippen molar-refractivity contribution in [3.8, 4) is 11.1 Å². The summed E-state index contributed by atoms with van der Waals surface area (Å²) in [5.41, 5.74) is 3.55. The van der Waals surface area contributed by atoms with Gasteiger partial charge in [-0.25, -0.2) is 18.1 Å². The summed E-state index contributed by atoms with van der Waals surface area (Å²) in [4.78, 5) is 32.2. The average Bonchev–Trinajstić information content (AvgIpc) is 3.02. The molecule has 0 bridgehead atoms. The van der Waals surface area contributed by atoms with Crippen LogP contribution in [0.2, 0.25) is 0 Å². The van der Waals surface area contributed by atoms with E-state index in [1.807, 2.05) is 6.07 Å². The Morgan fingerprint density at radius 2 is 1.95 bits per heavy atom. The fourth-order valence-corrected chi connectivity index (χ4v) is 7.52. The molecule has 0 radical (unpaired) electrons. The molecule has 1 fully saturated rings. The molecule has 1 saturated heterocycles. The quantitative estimate of drug-likeness (QED) is 0.281. The van der Waals surface area contributed by atoms with Crippen LogP contribution < -0.4 is 15.6 Å². The van der Waals surface area contributed by atoms with Crippen LogP contribution in [0, 0.1) is 0 Å². The summed E-state index contributed by atoms with van der Waals surface area (Å²) < 4.78 is 36.5. The number of amides is 1. The second-order valence-corrected chi connectivity index (χ2v) is 13.3. The Kier molecular flexibility index (Phi) is 8.40. The molecule has 13 heteroatoms. The van der Waals surface area contributed by atoms with Gasteiger partial charge < -0.3 is 24.6 Å². The number of aromatic nitrogens is 2. The van der Waals surface area contributed by atoms with Crippen LogP contribution in [-0.2, 0) is 34.8 Å². The molecule has 2 aromatic carbocycles. The number of aliphatic hydroxyl groups is 1. The Morgan fingerprint density at radius 3 is 2.68 bits per heavy atom. The van der Waals surface area contributed by atoms with Crippen LogP contribution in [0.15, 0.2) is 81.2 Å². The number of carbonyl (C=O) groups excluding carboxylic acids is 1. The zero-order valence-electron chi connectivity index (χ0n) is 23.8. The highest BCUT2D eigenvalue weighted by Crippen LogP contribution is 2.36. The van der Waals surface area contributed by atoms with E-state index in [2.05, 4.69) is 31.0 Å². The molecule has 11 nitrogen and oxygen atoms in total. The van der Waals surface area contributed by atoms with Crippen molar-refractivity contribution in [2.75, 3.05) is 31.6 Å². The van der Waals surface area contributed by atoms with Gasteiger partial charge in [-0.1, -0.05) is 34.1 Å².